The fraction of sp³-hybridized carbons (Fsp3) is 0.120. The minimum absolute atomic E-state index is 0. The predicted molar refractivity (Wildman–Crippen MR) is 154 cm³/mol. The Hall–Kier alpha value is -4.28. The summed E-state index contributed by atoms with van der Waals surface area (Å²) in [6, 6.07) is 9.55. The highest BCUT2D eigenvalue weighted by Crippen LogP contribution is 2.34. The minimum atomic E-state index is 0. The van der Waals surface area contributed by atoms with Crippen molar-refractivity contribution in [2.75, 3.05) is 37.2 Å². The summed E-state index contributed by atoms with van der Waals surface area (Å²) in [5, 5.41) is 3.84. The number of anilines is 4. The van der Waals surface area contributed by atoms with E-state index in [9.17, 15) is 0 Å². The van der Waals surface area contributed by atoms with E-state index in [2.05, 4.69) is 19.9 Å². The number of nitrogen functional groups attached to an aromatic ring is 4. The van der Waals surface area contributed by atoms with Gasteiger partial charge in [-0.3, -0.25) is 9.97 Å². The number of nitrogens with two attached hydrogens (primary N) is 4. The highest BCUT2D eigenvalue weighted by atomic mass is 35.5. The van der Waals surface area contributed by atoms with E-state index in [1.54, 1.807) is 45.2 Å². The van der Waals surface area contributed by atoms with Crippen LogP contribution in [-0.4, -0.2) is 34.2 Å². The smallest absolute Gasteiger partial charge is 0.221 e. The Morgan fingerprint density at radius 2 is 1.35 bits per heavy atom. The summed E-state index contributed by atoms with van der Waals surface area (Å²) in [5.41, 5.74) is 26.4. The Morgan fingerprint density at radius 1 is 0.703 bits per heavy atom. The van der Waals surface area contributed by atoms with Crippen LogP contribution in [0.4, 0.5) is 23.1 Å². The molecule has 5 rings (SSSR count). The van der Waals surface area contributed by atoms with Crippen LogP contribution in [0, 0.1) is 0 Å². The number of nitrogens with zero attached hydrogens (tertiary/aromatic N) is 4. The molecule has 0 radical (unpaired) electrons. The van der Waals surface area contributed by atoms with Crippen molar-refractivity contribution in [2.45, 2.75) is 6.42 Å². The second-order valence-corrected chi connectivity index (χ2v) is 7.67. The summed E-state index contributed by atoms with van der Waals surface area (Å²) < 4.78 is 10.4. The second-order valence-electron chi connectivity index (χ2n) is 7.67. The summed E-state index contributed by atoms with van der Waals surface area (Å²) in [6.07, 6.45) is 9.11. The number of hydrogen-bond acceptors (Lipinski definition) is 10. The fourth-order valence-electron chi connectivity index (χ4n) is 3.77. The first-order chi connectivity index (χ1) is 16.9. The molecule has 0 atom stereocenters. The normalized spacial score (nSPS) is 10.0. The van der Waals surface area contributed by atoms with E-state index in [1.807, 2.05) is 30.3 Å². The predicted octanol–water partition coefficient (Wildman–Crippen LogP) is 4.04. The van der Waals surface area contributed by atoms with Crippen molar-refractivity contribution in [2.24, 2.45) is 0 Å². The molecule has 0 saturated carbocycles. The van der Waals surface area contributed by atoms with Crippen LogP contribution in [0.3, 0.4) is 0 Å². The molecule has 194 valence electrons. The Bertz CT molecular complexity index is 1520. The lowest BCUT2D eigenvalue weighted by Gasteiger charge is -2.13. The molecule has 0 fully saturated rings. The zero-order valence-corrected chi connectivity index (χ0v) is 21.8. The maximum Gasteiger partial charge on any atom is 0.221 e. The van der Waals surface area contributed by atoms with Crippen molar-refractivity contribution in [1.82, 2.24) is 19.9 Å². The van der Waals surface area contributed by atoms with Crippen molar-refractivity contribution in [3.05, 3.63) is 72.4 Å². The molecule has 0 spiro atoms. The van der Waals surface area contributed by atoms with Crippen LogP contribution in [0.25, 0.3) is 21.5 Å². The number of pyridine rings is 2. The summed E-state index contributed by atoms with van der Waals surface area (Å²) >= 11 is 0. The number of halogens is 2. The van der Waals surface area contributed by atoms with Gasteiger partial charge in [0, 0.05) is 53.7 Å². The first-order valence-corrected chi connectivity index (χ1v) is 10.6. The van der Waals surface area contributed by atoms with E-state index in [-0.39, 0.29) is 30.8 Å². The molecular weight excluding hydrogens is 515 g/mol. The van der Waals surface area contributed by atoms with Crippen LogP contribution in [0.1, 0.15) is 11.1 Å². The largest absolute Gasteiger partial charge is 0.495 e. The Kier molecular flexibility index (Phi) is 9.87. The molecule has 0 aliphatic heterocycles. The number of benzene rings is 2. The molecule has 0 saturated heterocycles. The van der Waals surface area contributed by atoms with Gasteiger partial charge in [0.15, 0.2) is 0 Å². The lowest BCUT2D eigenvalue weighted by Crippen LogP contribution is -2.05. The van der Waals surface area contributed by atoms with Crippen molar-refractivity contribution >= 4 is 69.5 Å². The van der Waals surface area contributed by atoms with Gasteiger partial charge in [0.25, 0.3) is 0 Å². The van der Waals surface area contributed by atoms with Gasteiger partial charge in [0.2, 0.25) is 5.95 Å². The third-order valence-corrected chi connectivity index (χ3v) is 5.59. The van der Waals surface area contributed by atoms with Crippen molar-refractivity contribution in [3.8, 4) is 11.5 Å². The van der Waals surface area contributed by atoms with Crippen LogP contribution >= 0.6 is 24.8 Å². The van der Waals surface area contributed by atoms with Gasteiger partial charge in [-0.2, -0.15) is 4.98 Å². The van der Waals surface area contributed by atoms with Gasteiger partial charge >= 0.3 is 0 Å². The molecule has 37 heavy (non-hydrogen) atoms. The van der Waals surface area contributed by atoms with E-state index in [1.165, 1.54) is 0 Å². The highest BCUT2D eigenvalue weighted by Gasteiger charge is 2.13. The molecular formula is C25H28Cl2N8O2. The molecule has 10 nitrogen and oxygen atoms in total. The van der Waals surface area contributed by atoms with Gasteiger partial charge in [-0.05, 0) is 40.6 Å². The van der Waals surface area contributed by atoms with Crippen LogP contribution in [0.2, 0.25) is 0 Å². The number of rotatable bonds is 4. The zero-order chi connectivity index (χ0) is 24.9. The van der Waals surface area contributed by atoms with Crippen molar-refractivity contribution < 1.29 is 9.47 Å². The lowest BCUT2D eigenvalue weighted by atomic mass is 9.99. The third kappa shape index (κ3) is 6.11. The zero-order valence-electron chi connectivity index (χ0n) is 20.2. The summed E-state index contributed by atoms with van der Waals surface area (Å²) in [6.45, 7) is 0. The minimum Gasteiger partial charge on any atom is -0.495 e. The molecule has 0 bridgehead atoms. The molecule has 3 aromatic heterocycles. The Labute approximate surface area is 226 Å². The number of fused-ring (bicyclic) bond motifs is 2. The lowest BCUT2D eigenvalue weighted by molar-refractivity contribution is 0.417. The third-order valence-electron chi connectivity index (χ3n) is 5.59. The van der Waals surface area contributed by atoms with Crippen LogP contribution < -0.4 is 32.4 Å². The van der Waals surface area contributed by atoms with E-state index in [0.717, 1.165) is 32.7 Å². The number of methoxy groups -OCH3 is 2. The number of hydrogen-bond donors (Lipinski definition) is 4. The average Bonchev–Trinajstić information content (AvgIpc) is 2.88. The van der Waals surface area contributed by atoms with Gasteiger partial charge in [0.05, 0.1) is 25.6 Å². The van der Waals surface area contributed by atoms with Gasteiger partial charge in [-0.25, -0.2) is 4.98 Å². The topological polar surface area (TPSA) is 174 Å². The molecule has 3 heterocycles. The van der Waals surface area contributed by atoms with E-state index >= 15 is 0 Å². The monoisotopic (exact) mass is 542 g/mol. The number of ether oxygens (including phenoxy) is 2. The average molecular weight is 543 g/mol. The number of aromatic nitrogens is 4. The Morgan fingerprint density at radius 3 is 2.03 bits per heavy atom. The summed E-state index contributed by atoms with van der Waals surface area (Å²) in [5.74, 6) is 1.82. The van der Waals surface area contributed by atoms with E-state index in [0.29, 0.717) is 35.1 Å². The standard InChI is InChI=1S/C15H16N6O.C10H10N2O.2ClH/c1-22-12-5-8(4-9-6-20-15(18)21-14(9)17)10-2-3-19-7-11(10)13(12)16;1-13-9-3-2-7-4-5-12-6-8(7)10(9)11;;/h2-3,5-7H,4,16H2,1H3,(H4,17,18,20,21);2-6H,11H2,1H3;2*1H. The molecule has 0 amide bonds. The molecule has 0 unspecified atom stereocenters. The first-order valence-electron chi connectivity index (χ1n) is 10.6. The quantitative estimate of drug-likeness (QED) is 0.242. The maximum atomic E-state index is 6.11. The summed E-state index contributed by atoms with van der Waals surface area (Å²) in [4.78, 5) is 16.1. The van der Waals surface area contributed by atoms with Crippen molar-refractivity contribution in [3.63, 3.8) is 0 Å². The molecule has 5 aromatic rings. The van der Waals surface area contributed by atoms with Gasteiger partial charge in [-0.15, -0.1) is 24.8 Å². The van der Waals surface area contributed by atoms with Crippen LogP contribution in [0.15, 0.2) is 61.3 Å². The maximum absolute atomic E-state index is 6.11. The Balaban J connectivity index is 0.000000277. The molecule has 8 N–H and O–H groups in total. The first kappa shape index (κ1) is 29.0. The second kappa shape index (κ2) is 12.6. The van der Waals surface area contributed by atoms with E-state index in [4.69, 9.17) is 32.4 Å². The SMILES string of the molecule is COc1cc(Cc2cnc(N)nc2N)c2ccncc2c1N.COc1ccc2ccncc2c1N.Cl.Cl. The van der Waals surface area contributed by atoms with Gasteiger partial charge in [0.1, 0.15) is 17.3 Å². The fourth-order valence-corrected chi connectivity index (χ4v) is 3.77. The van der Waals surface area contributed by atoms with Crippen molar-refractivity contribution in [1.29, 1.82) is 0 Å². The van der Waals surface area contributed by atoms with Gasteiger partial charge < -0.3 is 32.4 Å². The highest BCUT2D eigenvalue weighted by molar-refractivity contribution is 5.98. The van der Waals surface area contributed by atoms with E-state index < -0.39 is 0 Å². The van der Waals surface area contributed by atoms with Gasteiger partial charge in [-0.1, -0.05) is 6.07 Å². The van der Waals surface area contributed by atoms with Crippen LogP contribution in [-0.2, 0) is 6.42 Å². The summed E-state index contributed by atoms with van der Waals surface area (Å²) in [7, 11) is 3.19. The molecule has 12 heteroatoms. The molecule has 0 aliphatic rings. The van der Waals surface area contributed by atoms with Crippen LogP contribution in [0.5, 0.6) is 11.5 Å². The molecule has 0 aliphatic carbocycles. The molecule has 2 aromatic carbocycles.